The number of nitrogens with one attached hydrogen (secondary N) is 1. The number of pyridine rings is 1. The molecule has 1 aliphatic rings. The molecule has 1 aromatic rings. The Hall–Kier alpha value is -1.58. The van der Waals surface area contributed by atoms with Crippen LogP contribution in [0.15, 0.2) is 18.3 Å². The molecule has 2 heterocycles. The van der Waals surface area contributed by atoms with Crippen molar-refractivity contribution in [3.63, 3.8) is 0 Å². The largest absolute Gasteiger partial charge is 0.372 e. The van der Waals surface area contributed by atoms with Gasteiger partial charge in [-0.05, 0) is 37.8 Å². The molecule has 2 unspecified atom stereocenters. The summed E-state index contributed by atoms with van der Waals surface area (Å²) in [5.41, 5.74) is 0.668. The van der Waals surface area contributed by atoms with Gasteiger partial charge in [-0.15, -0.1) is 0 Å². The lowest BCUT2D eigenvalue weighted by molar-refractivity contribution is 0.0589. The third-order valence-corrected chi connectivity index (χ3v) is 3.67. The Morgan fingerprint density at radius 3 is 2.94 bits per heavy atom. The molecule has 0 spiro atoms. The smallest absolute Gasteiger partial charge is 0.257 e. The van der Waals surface area contributed by atoms with Crippen molar-refractivity contribution in [2.45, 2.75) is 32.7 Å². The molecule has 1 N–H and O–H groups in total. The van der Waals surface area contributed by atoms with Gasteiger partial charge in [0.2, 0.25) is 0 Å². The van der Waals surface area contributed by atoms with Gasteiger partial charge in [-0.25, -0.2) is 4.98 Å². The Labute approximate surface area is 108 Å². The Balaban J connectivity index is 2.20. The molecule has 4 nitrogen and oxygen atoms in total. The van der Waals surface area contributed by atoms with Crippen LogP contribution in [0.4, 0.5) is 5.82 Å². The van der Waals surface area contributed by atoms with Gasteiger partial charge in [0.15, 0.2) is 0 Å². The van der Waals surface area contributed by atoms with E-state index >= 15 is 0 Å². The van der Waals surface area contributed by atoms with Crippen molar-refractivity contribution in [2.75, 3.05) is 18.9 Å². The lowest BCUT2D eigenvalue weighted by atomic mass is 9.93. The van der Waals surface area contributed by atoms with Crippen LogP contribution in [-0.2, 0) is 0 Å². The normalized spacial score (nSPS) is 23.8. The van der Waals surface area contributed by atoms with E-state index in [-0.39, 0.29) is 5.91 Å². The number of likely N-dealkylation sites (tertiary alicyclic amines) is 1. The van der Waals surface area contributed by atoms with Crippen LogP contribution in [0.1, 0.15) is 37.0 Å². The molecule has 2 rings (SSSR count). The molecule has 0 radical (unpaired) electrons. The molecular formula is C14H21N3O. The van der Waals surface area contributed by atoms with Crippen LogP contribution < -0.4 is 5.32 Å². The summed E-state index contributed by atoms with van der Waals surface area (Å²) in [5, 5.41) is 2.98. The molecule has 18 heavy (non-hydrogen) atoms. The van der Waals surface area contributed by atoms with Gasteiger partial charge >= 0.3 is 0 Å². The maximum atomic E-state index is 12.5. The average Bonchev–Trinajstić information content (AvgIpc) is 2.38. The summed E-state index contributed by atoms with van der Waals surface area (Å²) >= 11 is 0. The second kappa shape index (κ2) is 5.38. The Morgan fingerprint density at radius 2 is 2.28 bits per heavy atom. The molecule has 1 fully saturated rings. The zero-order chi connectivity index (χ0) is 13.1. The lowest BCUT2D eigenvalue weighted by Crippen LogP contribution is -2.44. The van der Waals surface area contributed by atoms with E-state index in [1.165, 1.54) is 0 Å². The summed E-state index contributed by atoms with van der Waals surface area (Å²) in [6.07, 6.45) is 3.87. The summed E-state index contributed by atoms with van der Waals surface area (Å²) in [5.74, 6) is 1.46. The highest BCUT2D eigenvalue weighted by Gasteiger charge is 2.28. The van der Waals surface area contributed by atoms with Gasteiger partial charge in [0.05, 0.1) is 5.56 Å². The molecule has 0 saturated carbocycles. The van der Waals surface area contributed by atoms with Gasteiger partial charge in [-0.3, -0.25) is 4.79 Å². The second-order valence-electron chi connectivity index (χ2n) is 5.13. The number of anilines is 1. The summed E-state index contributed by atoms with van der Waals surface area (Å²) in [6.45, 7) is 5.23. The van der Waals surface area contributed by atoms with E-state index in [4.69, 9.17) is 0 Å². The highest BCUT2D eigenvalue weighted by atomic mass is 16.2. The van der Waals surface area contributed by atoms with E-state index in [1.54, 1.807) is 13.2 Å². The summed E-state index contributed by atoms with van der Waals surface area (Å²) in [6, 6.07) is 3.96. The predicted octanol–water partition coefficient (Wildman–Crippen LogP) is 2.38. The van der Waals surface area contributed by atoms with Crippen molar-refractivity contribution in [2.24, 2.45) is 5.92 Å². The van der Waals surface area contributed by atoms with E-state index in [9.17, 15) is 4.79 Å². The standard InChI is InChI=1S/C14H21N3O/c1-10-6-8-17(11(2)9-10)14(18)12-5-4-7-16-13(12)15-3/h4-5,7,10-11H,6,8-9H2,1-3H3,(H,15,16). The van der Waals surface area contributed by atoms with E-state index in [1.807, 2.05) is 17.0 Å². The molecule has 98 valence electrons. The monoisotopic (exact) mass is 247 g/mol. The van der Waals surface area contributed by atoms with Crippen LogP contribution in [0.3, 0.4) is 0 Å². The number of hydrogen-bond donors (Lipinski definition) is 1. The fourth-order valence-electron chi connectivity index (χ4n) is 2.64. The number of carbonyl (C=O) groups is 1. The molecule has 1 amide bonds. The number of carbonyl (C=O) groups excluding carboxylic acids is 1. The van der Waals surface area contributed by atoms with Gasteiger partial charge in [0.1, 0.15) is 5.82 Å². The highest BCUT2D eigenvalue weighted by molar-refractivity contribution is 5.98. The zero-order valence-electron chi connectivity index (χ0n) is 11.3. The average molecular weight is 247 g/mol. The van der Waals surface area contributed by atoms with Crippen LogP contribution in [0.5, 0.6) is 0 Å². The lowest BCUT2D eigenvalue weighted by Gasteiger charge is -2.36. The Bertz CT molecular complexity index is 433. The minimum absolute atomic E-state index is 0.0897. The zero-order valence-corrected chi connectivity index (χ0v) is 11.3. The number of hydrogen-bond acceptors (Lipinski definition) is 3. The summed E-state index contributed by atoms with van der Waals surface area (Å²) < 4.78 is 0. The predicted molar refractivity (Wildman–Crippen MR) is 72.7 cm³/mol. The Kier molecular flexibility index (Phi) is 3.84. The van der Waals surface area contributed by atoms with Crippen LogP contribution in [-0.4, -0.2) is 35.4 Å². The molecule has 0 aliphatic carbocycles. The van der Waals surface area contributed by atoms with Crippen molar-refractivity contribution in [1.29, 1.82) is 0 Å². The van der Waals surface area contributed by atoms with Gasteiger partial charge < -0.3 is 10.2 Å². The quantitative estimate of drug-likeness (QED) is 0.872. The summed E-state index contributed by atoms with van der Waals surface area (Å²) in [7, 11) is 1.79. The van der Waals surface area contributed by atoms with Crippen molar-refractivity contribution >= 4 is 11.7 Å². The van der Waals surface area contributed by atoms with Gasteiger partial charge in [-0.2, -0.15) is 0 Å². The van der Waals surface area contributed by atoms with E-state index in [0.29, 0.717) is 23.3 Å². The van der Waals surface area contributed by atoms with Gasteiger partial charge in [-0.1, -0.05) is 6.92 Å². The third kappa shape index (κ3) is 2.47. The maximum Gasteiger partial charge on any atom is 0.257 e. The van der Waals surface area contributed by atoms with E-state index in [2.05, 4.69) is 24.1 Å². The fraction of sp³-hybridized carbons (Fsp3) is 0.571. The minimum atomic E-state index is 0.0897. The Morgan fingerprint density at radius 1 is 1.50 bits per heavy atom. The van der Waals surface area contributed by atoms with Crippen molar-refractivity contribution in [3.05, 3.63) is 23.9 Å². The minimum Gasteiger partial charge on any atom is -0.372 e. The molecule has 0 bridgehead atoms. The molecule has 4 heteroatoms. The SMILES string of the molecule is CNc1ncccc1C(=O)N1CCC(C)CC1C. The number of rotatable bonds is 2. The van der Waals surface area contributed by atoms with Crippen LogP contribution in [0, 0.1) is 5.92 Å². The topological polar surface area (TPSA) is 45.2 Å². The molecule has 1 aromatic heterocycles. The second-order valence-corrected chi connectivity index (χ2v) is 5.13. The first kappa shape index (κ1) is 12.9. The van der Waals surface area contributed by atoms with Crippen LogP contribution in [0.25, 0.3) is 0 Å². The van der Waals surface area contributed by atoms with Crippen molar-refractivity contribution in [1.82, 2.24) is 9.88 Å². The molecule has 2 atom stereocenters. The van der Waals surface area contributed by atoms with Crippen LogP contribution in [0.2, 0.25) is 0 Å². The van der Waals surface area contributed by atoms with E-state index < -0.39 is 0 Å². The molecule has 1 aliphatic heterocycles. The maximum absolute atomic E-state index is 12.5. The van der Waals surface area contributed by atoms with Crippen molar-refractivity contribution < 1.29 is 4.79 Å². The molecule has 1 saturated heterocycles. The fourth-order valence-corrected chi connectivity index (χ4v) is 2.64. The highest BCUT2D eigenvalue weighted by Crippen LogP contribution is 2.25. The first-order chi connectivity index (χ1) is 8.63. The molecular weight excluding hydrogens is 226 g/mol. The van der Waals surface area contributed by atoms with E-state index in [0.717, 1.165) is 19.4 Å². The van der Waals surface area contributed by atoms with Gasteiger partial charge in [0.25, 0.3) is 5.91 Å². The van der Waals surface area contributed by atoms with Crippen LogP contribution >= 0.6 is 0 Å². The third-order valence-electron chi connectivity index (χ3n) is 3.67. The van der Waals surface area contributed by atoms with Gasteiger partial charge in [0, 0.05) is 25.8 Å². The number of aromatic nitrogens is 1. The first-order valence-electron chi connectivity index (χ1n) is 6.57. The first-order valence-corrected chi connectivity index (χ1v) is 6.57. The number of nitrogens with zero attached hydrogens (tertiary/aromatic N) is 2. The van der Waals surface area contributed by atoms with Crippen molar-refractivity contribution in [3.8, 4) is 0 Å². The number of piperidine rings is 1. The number of amides is 1. The molecule has 0 aromatic carbocycles. The summed E-state index contributed by atoms with van der Waals surface area (Å²) in [4.78, 5) is 18.7.